The number of carbonyl (C=O) groups is 2. The Morgan fingerprint density at radius 2 is 1.70 bits per heavy atom. The maximum atomic E-state index is 12.5. The van der Waals surface area contributed by atoms with Crippen LogP contribution in [0.4, 0.5) is 11.4 Å². The molecule has 1 aromatic rings. The molecular weight excluding hydrogens is 348 g/mol. The van der Waals surface area contributed by atoms with Gasteiger partial charge in [-0.3, -0.25) is 24.6 Å². The molecular formula is C19H26N4O4. The molecule has 0 saturated carbocycles. The summed E-state index contributed by atoms with van der Waals surface area (Å²) in [5.74, 6) is 0.302. The average molecular weight is 374 g/mol. The fraction of sp³-hybridized carbons (Fsp3) is 0.579. The monoisotopic (exact) mass is 374 g/mol. The molecule has 0 aliphatic carbocycles. The van der Waals surface area contributed by atoms with Gasteiger partial charge in [0, 0.05) is 43.9 Å². The first-order valence-corrected chi connectivity index (χ1v) is 9.48. The Bertz CT molecular complexity index is 692. The highest BCUT2D eigenvalue weighted by molar-refractivity contribution is 5.94. The van der Waals surface area contributed by atoms with Crippen LogP contribution in [0.3, 0.4) is 0 Å². The topological polar surface area (TPSA) is 87.0 Å². The Balaban J connectivity index is 1.48. The lowest BCUT2D eigenvalue weighted by Gasteiger charge is -2.33. The maximum absolute atomic E-state index is 12.5. The van der Waals surface area contributed by atoms with Crippen molar-refractivity contribution in [1.82, 2.24) is 9.80 Å². The van der Waals surface area contributed by atoms with E-state index in [1.165, 1.54) is 17.0 Å². The third-order valence-electron chi connectivity index (χ3n) is 5.54. The van der Waals surface area contributed by atoms with Crippen molar-refractivity contribution in [2.45, 2.75) is 25.7 Å². The number of hydrogen-bond donors (Lipinski definition) is 0. The molecule has 0 aromatic heterocycles. The number of likely N-dealkylation sites (N-methyl/N-ethyl adjacent to an activating group) is 1. The Labute approximate surface area is 158 Å². The number of carbonyl (C=O) groups excluding carboxylic acids is 2. The van der Waals surface area contributed by atoms with Crippen molar-refractivity contribution in [3.05, 3.63) is 34.4 Å². The number of rotatable bonds is 5. The Morgan fingerprint density at radius 1 is 1.11 bits per heavy atom. The molecule has 0 N–H and O–H groups in total. The van der Waals surface area contributed by atoms with E-state index in [4.69, 9.17) is 0 Å². The number of likely N-dealkylation sites (tertiary alicyclic amines) is 2. The zero-order valence-corrected chi connectivity index (χ0v) is 15.7. The maximum Gasteiger partial charge on any atom is 0.269 e. The SMILES string of the molecule is CN(C(=O)CN1CCC(C(=O)N2CCCC2)CC1)c1ccc([N+](=O)[O-])cc1. The lowest BCUT2D eigenvalue weighted by molar-refractivity contribution is -0.384. The van der Waals surface area contributed by atoms with Crippen molar-refractivity contribution in [1.29, 1.82) is 0 Å². The molecule has 3 rings (SSSR count). The van der Waals surface area contributed by atoms with E-state index < -0.39 is 4.92 Å². The second-order valence-electron chi connectivity index (χ2n) is 7.31. The summed E-state index contributed by atoms with van der Waals surface area (Å²) >= 11 is 0. The molecule has 2 aliphatic heterocycles. The second-order valence-corrected chi connectivity index (χ2v) is 7.31. The van der Waals surface area contributed by atoms with Gasteiger partial charge in [-0.15, -0.1) is 0 Å². The van der Waals surface area contributed by atoms with E-state index in [9.17, 15) is 19.7 Å². The number of anilines is 1. The van der Waals surface area contributed by atoms with E-state index in [-0.39, 0.29) is 30.0 Å². The number of amides is 2. The summed E-state index contributed by atoms with van der Waals surface area (Å²) in [6.45, 7) is 3.54. The first-order valence-electron chi connectivity index (χ1n) is 9.48. The molecule has 0 radical (unpaired) electrons. The Hall–Kier alpha value is -2.48. The number of nitro benzene ring substituents is 1. The summed E-state index contributed by atoms with van der Waals surface area (Å²) in [5, 5.41) is 10.7. The molecule has 2 fully saturated rings. The van der Waals surface area contributed by atoms with Crippen LogP contribution in [0, 0.1) is 16.0 Å². The molecule has 2 aliphatic rings. The summed E-state index contributed by atoms with van der Waals surface area (Å²) in [4.78, 5) is 40.9. The van der Waals surface area contributed by atoms with Crippen molar-refractivity contribution in [3.8, 4) is 0 Å². The van der Waals surface area contributed by atoms with E-state index >= 15 is 0 Å². The van der Waals surface area contributed by atoms with Crippen molar-refractivity contribution >= 4 is 23.2 Å². The van der Waals surface area contributed by atoms with Crippen LogP contribution >= 0.6 is 0 Å². The Kier molecular flexibility index (Phi) is 6.05. The molecule has 8 nitrogen and oxygen atoms in total. The normalized spacial score (nSPS) is 18.5. The lowest BCUT2D eigenvalue weighted by Crippen LogP contribution is -2.45. The predicted octanol–water partition coefficient (Wildman–Crippen LogP) is 1.89. The van der Waals surface area contributed by atoms with Crippen LogP contribution in [0.2, 0.25) is 0 Å². The van der Waals surface area contributed by atoms with E-state index in [1.54, 1.807) is 19.2 Å². The summed E-state index contributed by atoms with van der Waals surface area (Å²) in [6.07, 6.45) is 3.80. The van der Waals surface area contributed by atoms with Gasteiger partial charge in [-0.05, 0) is 50.9 Å². The Morgan fingerprint density at radius 3 is 2.26 bits per heavy atom. The largest absolute Gasteiger partial charge is 0.342 e. The highest BCUT2D eigenvalue weighted by Gasteiger charge is 2.30. The minimum Gasteiger partial charge on any atom is -0.342 e. The number of hydrogen-bond acceptors (Lipinski definition) is 5. The van der Waals surface area contributed by atoms with Crippen molar-refractivity contribution in [2.75, 3.05) is 44.7 Å². The van der Waals surface area contributed by atoms with Crippen molar-refractivity contribution in [3.63, 3.8) is 0 Å². The first-order chi connectivity index (χ1) is 13.0. The van der Waals surface area contributed by atoms with Gasteiger partial charge in [-0.2, -0.15) is 0 Å². The van der Waals surface area contributed by atoms with Crippen LogP contribution in [-0.4, -0.2) is 66.3 Å². The van der Waals surface area contributed by atoms with E-state index in [1.807, 2.05) is 4.90 Å². The zero-order valence-electron chi connectivity index (χ0n) is 15.7. The van der Waals surface area contributed by atoms with Gasteiger partial charge >= 0.3 is 0 Å². The van der Waals surface area contributed by atoms with E-state index in [0.29, 0.717) is 5.69 Å². The fourth-order valence-electron chi connectivity index (χ4n) is 3.77. The van der Waals surface area contributed by atoms with Crippen molar-refractivity contribution in [2.24, 2.45) is 5.92 Å². The van der Waals surface area contributed by atoms with E-state index in [2.05, 4.69) is 4.90 Å². The molecule has 27 heavy (non-hydrogen) atoms. The van der Waals surface area contributed by atoms with Crippen LogP contribution in [0.5, 0.6) is 0 Å². The third kappa shape index (κ3) is 4.63. The van der Waals surface area contributed by atoms with Gasteiger partial charge in [0.1, 0.15) is 0 Å². The van der Waals surface area contributed by atoms with E-state index in [0.717, 1.165) is 51.9 Å². The van der Waals surface area contributed by atoms with Gasteiger partial charge in [0.15, 0.2) is 0 Å². The van der Waals surface area contributed by atoms with Crippen LogP contribution in [-0.2, 0) is 9.59 Å². The van der Waals surface area contributed by atoms with Gasteiger partial charge in [0.25, 0.3) is 5.69 Å². The minimum atomic E-state index is -0.459. The van der Waals surface area contributed by atoms with Gasteiger partial charge in [0.05, 0.1) is 11.5 Å². The highest BCUT2D eigenvalue weighted by Crippen LogP contribution is 2.23. The molecule has 0 bridgehead atoms. The molecule has 2 heterocycles. The van der Waals surface area contributed by atoms with Crippen LogP contribution in [0.15, 0.2) is 24.3 Å². The quantitative estimate of drug-likeness (QED) is 0.580. The summed E-state index contributed by atoms with van der Waals surface area (Å²) in [6, 6.07) is 5.96. The van der Waals surface area contributed by atoms with Crippen LogP contribution in [0.25, 0.3) is 0 Å². The first kappa shape index (κ1) is 19.3. The van der Waals surface area contributed by atoms with Gasteiger partial charge in [-0.1, -0.05) is 0 Å². The lowest BCUT2D eigenvalue weighted by atomic mass is 9.95. The molecule has 0 unspecified atom stereocenters. The number of nitro groups is 1. The van der Waals surface area contributed by atoms with Crippen molar-refractivity contribution < 1.29 is 14.5 Å². The predicted molar refractivity (Wildman–Crippen MR) is 101 cm³/mol. The smallest absolute Gasteiger partial charge is 0.269 e. The molecule has 0 spiro atoms. The van der Waals surface area contributed by atoms with Crippen LogP contribution < -0.4 is 4.90 Å². The standard InChI is InChI=1S/C19H26N4O4/c1-20(16-4-6-17(7-5-16)23(26)27)18(24)14-21-12-8-15(9-13-21)19(25)22-10-2-3-11-22/h4-7,15H,2-3,8-14H2,1H3. The number of piperidine rings is 1. The van der Waals surface area contributed by atoms with Gasteiger partial charge in [0.2, 0.25) is 11.8 Å². The second kappa shape index (κ2) is 8.47. The number of non-ortho nitro benzene ring substituents is 1. The highest BCUT2D eigenvalue weighted by atomic mass is 16.6. The molecule has 8 heteroatoms. The number of benzene rings is 1. The average Bonchev–Trinajstić information content (AvgIpc) is 3.22. The summed E-state index contributed by atoms with van der Waals surface area (Å²) < 4.78 is 0. The van der Waals surface area contributed by atoms with Gasteiger partial charge in [-0.25, -0.2) is 0 Å². The number of nitrogens with zero attached hydrogens (tertiary/aromatic N) is 4. The molecule has 0 atom stereocenters. The molecule has 2 amide bonds. The van der Waals surface area contributed by atoms with Crippen LogP contribution in [0.1, 0.15) is 25.7 Å². The zero-order chi connectivity index (χ0) is 19.4. The van der Waals surface area contributed by atoms with Gasteiger partial charge < -0.3 is 9.80 Å². The third-order valence-corrected chi connectivity index (χ3v) is 5.54. The minimum absolute atomic E-state index is 0.00402. The summed E-state index contributed by atoms with van der Waals surface area (Å²) in [5.41, 5.74) is 0.633. The summed E-state index contributed by atoms with van der Waals surface area (Å²) in [7, 11) is 1.67. The molecule has 2 saturated heterocycles. The molecule has 1 aromatic carbocycles. The fourth-order valence-corrected chi connectivity index (χ4v) is 3.77. The molecule has 146 valence electrons.